The number of alkyl halides is 3. The molecule has 1 aromatic rings. The summed E-state index contributed by atoms with van der Waals surface area (Å²) in [6.07, 6.45) is -4.13. The molecule has 0 saturated heterocycles. The monoisotopic (exact) mass is 237 g/mol. The molecule has 0 bridgehead atoms. The number of rotatable bonds is 3. The molecule has 1 N–H and O–H groups in total. The number of anilines is 1. The molecule has 0 aliphatic rings. The average molecular weight is 237 g/mol. The van der Waals surface area contributed by atoms with Gasteiger partial charge in [-0.3, -0.25) is 10.00 Å². The van der Waals surface area contributed by atoms with Crippen LogP contribution in [0, 0.1) is 0 Å². The third kappa shape index (κ3) is 4.20. The molecule has 0 fully saturated rings. The van der Waals surface area contributed by atoms with Crippen LogP contribution in [0.1, 0.15) is 6.92 Å². The first-order chi connectivity index (χ1) is 7.40. The smallest absolute Gasteiger partial charge is 0.422 e. The summed E-state index contributed by atoms with van der Waals surface area (Å²) in [4.78, 5) is 10.9. The van der Waals surface area contributed by atoms with Gasteiger partial charge in [0.15, 0.2) is 12.4 Å². The van der Waals surface area contributed by atoms with E-state index in [-0.39, 0.29) is 5.82 Å². The van der Waals surface area contributed by atoms with Crippen LogP contribution in [0.15, 0.2) is 12.3 Å². The molecule has 0 atom stereocenters. The van der Waals surface area contributed by atoms with Gasteiger partial charge in [-0.05, 0) is 6.92 Å². The molecule has 5 nitrogen and oxygen atoms in total. The van der Waals surface area contributed by atoms with Crippen molar-refractivity contribution >= 4 is 11.9 Å². The lowest BCUT2D eigenvalue weighted by atomic mass is 10.6. The second-order valence-corrected chi connectivity index (χ2v) is 2.87. The molecular formula is C8H10F3N3O2. The van der Waals surface area contributed by atoms with E-state index in [1.807, 2.05) is 6.92 Å². The predicted octanol–water partition coefficient (Wildman–Crippen LogP) is 2.01. The molecular weight excluding hydrogens is 227 g/mol. The highest BCUT2D eigenvalue weighted by Crippen LogP contribution is 2.14. The second-order valence-electron chi connectivity index (χ2n) is 2.87. The van der Waals surface area contributed by atoms with Gasteiger partial charge in [-0.1, -0.05) is 0 Å². The maximum Gasteiger partial charge on any atom is 0.422 e. The van der Waals surface area contributed by atoms with Crippen LogP contribution in [0.5, 0.6) is 0 Å². The third-order valence-corrected chi connectivity index (χ3v) is 1.56. The number of nitrogens with zero attached hydrogens (tertiary/aromatic N) is 2. The zero-order valence-electron chi connectivity index (χ0n) is 8.41. The maximum atomic E-state index is 11.7. The Kier molecular flexibility index (Phi) is 3.75. The SMILES string of the molecule is CCn1ccc(NC(=O)OCC(F)(F)F)n1. The number of ether oxygens (including phenoxy) is 1. The Hall–Kier alpha value is -1.73. The molecule has 0 aliphatic heterocycles. The van der Waals surface area contributed by atoms with Gasteiger partial charge in [0.25, 0.3) is 0 Å². The van der Waals surface area contributed by atoms with Crippen molar-refractivity contribution in [2.24, 2.45) is 0 Å². The van der Waals surface area contributed by atoms with E-state index in [0.29, 0.717) is 6.54 Å². The van der Waals surface area contributed by atoms with Gasteiger partial charge in [0.05, 0.1) is 0 Å². The van der Waals surface area contributed by atoms with Crippen LogP contribution in [0.4, 0.5) is 23.8 Å². The van der Waals surface area contributed by atoms with Gasteiger partial charge in [0.2, 0.25) is 0 Å². The molecule has 0 aliphatic carbocycles. The molecule has 0 radical (unpaired) electrons. The Labute approximate surface area is 89.2 Å². The molecule has 16 heavy (non-hydrogen) atoms. The fraction of sp³-hybridized carbons (Fsp3) is 0.500. The van der Waals surface area contributed by atoms with Crippen LogP contribution in [0.2, 0.25) is 0 Å². The van der Waals surface area contributed by atoms with Crippen molar-refractivity contribution in [3.8, 4) is 0 Å². The lowest BCUT2D eigenvalue weighted by molar-refractivity contribution is -0.159. The quantitative estimate of drug-likeness (QED) is 0.874. The van der Waals surface area contributed by atoms with Crippen molar-refractivity contribution < 1.29 is 22.7 Å². The van der Waals surface area contributed by atoms with E-state index in [1.54, 1.807) is 6.20 Å². The van der Waals surface area contributed by atoms with E-state index in [1.165, 1.54) is 10.7 Å². The van der Waals surface area contributed by atoms with Gasteiger partial charge in [-0.2, -0.15) is 18.3 Å². The van der Waals surface area contributed by atoms with Crippen molar-refractivity contribution in [2.45, 2.75) is 19.6 Å². The van der Waals surface area contributed by atoms with Gasteiger partial charge in [0, 0.05) is 18.8 Å². The first-order valence-corrected chi connectivity index (χ1v) is 4.44. The molecule has 1 amide bonds. The highest BCUT2D eigenvalue weighted by molar-refractivity contribution is 5.83. The van der Waals surface area contributed by atoms with E-state index in [2.05, 4.69) is 15.2 Å². The highest BCUT2D eigenvalue weighted by Gasteiger charge is 2.29. The highest BCUT2D eigenvalue weighted by atomic mass is 19.4. The van der Waals surface area contributed by atoms with Crippen molar-refractivity contribution in [3.05, 3.63) is 12.3 Å². The molecule has 1 rings (SSSR count). The van der Waals surface area contributed by atoms with Gasteiger partial charge < -0.3 is 4.74 Å². The van der Waals surface area contributed by atoms with Gasteiger partial charge in [-0.25, -0.2) is 4.79 Å². The molecule has 0 aromatic carbocycles. The van der Waals surface area contributed by atoms with Crippen LogP contribution in [-0.4, -0.2) is 28.7 Å². The number of aryl methyl sites for hydroxylation is 1. The fourth-order valence-electron chi connectivity index (χ4n) is 0.893. The standard InChI is InChI=1S/C8H10F3N3O2/c1-2-14-4-3-6(13-14)12-7(15)16-5-8(9,10)11/h3-4H,2,5H2,1H3,(H,12,13,15). The molecule has 0 saturated carbocycles. The average Bonchev–Trinajstić information content (AvgIpc) is 2.61. The van der Waals surface area contributed by atoms with Crippen LogP contribution in [0.3, 0.4) is 0 Å². The number of amides is 1. The predicted molar refractivity (Wildman–Crippen MR) is 48.9 cm³/mol. The van der Waals surface area contributed by atoms with Crippen LogP contribution >= 0.6 is 0 Å². The third-order valence-electron chi connectivity index (χ3n) is 1.56. The van der Waals surface area contributed by atoms with E-state index in [9.17, 15) is 18.0 Å². The van der Waals surface area contributed by atoms with Gasteiger partial charge in [-0.15, -0.1) is 0 Å². The number of hydrogen-bond acceptors (Lipinski definition) is 3. The normalized spacial score (nSPS) is 11.2. The molecule has 1 aromatic heterocycles. The Morgan fingerprint density at radius 3 is 2.81 bits per heavy atom. The second kappa shape index (κ2) is 4.86. The minimum absolute atomic E-state index is 0.147. The minimum atomic E-state index is -4.53. The summed E-state index contributed by atoms with van der Waals surface area (Å²) < 4.78 is 40.5. The van der Waals surface area contributed by atoms with E-state index in [4.69, 9.17) is 0 Å². The van der Waals surface area contributed by atoms with Crippen LogP contribution < -0.4 is 5.32 Å². The summed E-state index contributed by atoms with van der Waals surface area (Å²) in [5, 5.41) is 5.91. The number of halogens is 3. The zero-order chi connectivity index (χ0) is 12.2. The van der Waals surface area contributed by atoms with Crippen molar-refractivity contribution in [1.29, 1.82) is 0 Å². The largest absolute Gasteiger partial charge is 0.440 e. The van der Waals surface area contributed by atoms with Crippen molar-refractivity contribution in [3.63, 3.8) is 0 Å². The summed E-state index contributed by atoms with van der Waals surface area (Å²) in [5.41, 5.74) is 0. The summed E-state index contributed by atoms with van der Waals surface area (Å²) in [5.74, 6) is 0.147. The lowest BCUT2D eigenvalue weighted by Crippen LogP contribution is -2.23. The van der Waals surface area contributed by atoms with Gasteiger partial charge in [0.1, 0.15) is 0 Å². The first kappa shape index (κ1) is 12.3. The minimum Gasteiger partial charge on any atom is -0.440 e. The summed E-state index contributed by atoms with van der Waals surface area (Å²) in [6, 6.07) is 1.46. The van der Waals surface area contributed by atoms with Crippen LogP contribution in [-0.2, 0) is 11.3 Å². The van der Waals surface area contributed by atoms with E-state index in [0.717, 1.165) is 0 Å². The summed E-state index contributed by atoms with van der Waals surface area (Å²) >= 11 is 0. The number of carbonyl (C=O) groups is 1. The molecule has 0 spiro atoms. The fourth-order valence-corrected chi connectivity index (χ4v) is 0.893. The number of nitrogens with one attached hydrogen (secondary N) is 1. The Balaban J connectivity index is 2.40. The van der Waals surface area contributed by atoms with E-state index >= 15 is 0 Å². The molecule has 90 valence electrons. The molecule has 8 heteroatoms. The number of aromatic nitrogens is 2. The Morgan fingerprint density at radius 2 is 2.31 bits per heavy atom. The lowest BCUT2D eigenvalue weighted by Gasteiger charge is -2.07. The van der Waals surface area contributed by atoms with Crippen molar-refractivity contribution in [1.82, 2.24) is 9.78 Å². The molecule has 0 unspecified atom stereocenters. The zero-order valence-corrected chi connectivity index (χ0v) is 8.41. The Morgan fingerprint density at radius 1 is 1.62 bits per heavy atom. The Bertz CT molecular complexity index is 362. The van der Waals surface area contributed by atoms with Gasteiger partial charge >= 0.3 is 12.3 Å². The molecule has 1 heterocycles. The summed E-state index contributed by atoms with van der Waals surface area (Å²) in [7, 11) is 0. The topological polar surface area (TPSA) is 56.2 Å². The summed E-state index contributed by atoms with van der Waals surface area (Å²) in [6.45, 7) is 0.811. The van der Waals surface area contributed by atoms with E-state index < -0.39 is 18.9 Å². The van der Waals surface area contributed by atoms with Crippen molar-refractivity contribution in [2.75, 3.05) is 11.9 Å². The van der Waals surface area contributed by atoms with Crippen LogP contribution in [0.25, 0.3) is 0 Å². The first-order valence-electron chi connectivity index (χ1n) is 4.44. The number of carbonyl (C=O) groups excluding carboxylic acids is 1. The maximum absolute atomic E-state index is 11.7. The number of hydrogen-bond donors (Lipinski definition) is 1.